The number of anilines is 1. The summed E-state index contributed by atoms with van der Waals surface area (Å²) in [6, 6.07) is 12.8. The van der Waals surface area contributed by atoms with Gasteiger partial charge in [-0.1, -0.05) is 32.0 Å². The Kier molecular flexibility index (Phi) is 5.97. The van der Waals surface area contributed by atoms with Gasteiger partial charge in [-0.25, -0.2) is 13.1 Å². The third-order valence-corrected chi connectivity index (χ3v) is 6.46. The Labute approximate surface area is 161 Å². The highest BCUT2D eigenvalue weighted by atomic mass is 32.2. The molecule has 2 aromatic rings. The zero-order valence-corrected chi connectivity index (χ0v) is 16.7. The van der Waals surface area contributed by atoms with Crippen LogP contribution in [0.4, 0.5) is 5.69 Å². The molecule has 0 bridgehead atoms. The lowest BCUT2D eigenvalue weighted by Gasteiger charge is -2.16. The number of amides is 1. The van der Waals surface area contributed by atoms with Crippen LogP contribution in [0.3, 0.4) is 0 Å². The summed E-state index contributed by atoms with van der Waals surface area (Å²) in [5.41, 5.74) is 4.11. The highest BCUT2D eigenvalue weighted by Gasteiger charge is 2.22. The van der Waals surface area contributed by atoms with E-state index in [1.165, 1.54) is 5.56 Å². The Morgan fingerprint density at radius 3 is 2.33 bits per heavy atom. The van der Waals surface area contributed by atoms with E-state index in [0.29, 0.717) is 13.0 Å². The van der Waals surface area contributed by atoms with Crippen LogP contribution in [0, 0.1) is 0 Å². The zero-order valence-electron chi connectivity index (χ0n) is 15.9. The number of carbonyl (C=O) groups is 1. The lowest BCUT2D eigenvalue weighted by atomic mass is 10.0. The van der Waals surface area contributed by atoms with E-state index in [4.69, 9.17) is 0 Å². The van der Waals surface area contributed by atoms with Crippen LogP contribution in [-0.4, -0.2) is 20.9 Å². The molecule has 6 heteroatoms. The van der Waals surface area contributed by atoms with Gasteiger partial charge in [0.25, 0.3) is 0 Å². The summed E-state index contributed by atoms with van der Waals surface area (Å²) in [7, 11) is -3.61. The summed E-state index contributed by atoms with van der Waals surface area (Å²) in [5, 5.41) is 0. The quantitative estimate of drug-likeness (QED) is 0.793. The second kappa shape index (κ2) is 8.23. The zero-order chi connectivity index (χ0) is 19.4. The average molecular weight is 387 g/mol. The molecule has 0 spiro atoms. The second-order valence-corrected chi connectivity index (χ2v) is 8.54. The highest BCUT2D eigenvalue weighted by molar-refractivity contribution is 7.89. The SMILES string of the molecule is CCc1ccc(CC)c(CNS(=O)(=O)c2ccc(N3CCCC3=O)cc2)c1. The Balaban J connectivity index is 1.74. The smallest absolute Gasteiger partial charge is 0.240 e. The minimum Gasteiger partial charge on any atom is -0.312 e. The van der Waals surface area contributed by atoms with E-state index < -0.39 is 10.0 Å². The van der Waals surface area contributed by atoms with Crippen molar-refractivity contribution in [2.45, 2.75) is 51.0 Å². The fraction of sp³-hybridized carbons (Fsp3) is 0.381. The van der Waals surface area contributed by atoms with Crippen LogP contribution in [0.1, 0.15) is 43.4 Å². The molecule has 1 N–H and O–H groups in total. The van der Waals surface area contributed by atoms with E-state index in [2.05, 4.69) is 36.8 Å². The van der Waals surface area contributed by atoms with E-state index in [9.17, 15) is 13.2 Å². The standard InChI is InChI=1S/C21H26N2O3S/c1-3-16-7-8-17(4-2)18(14-16)15-22-27(25,26)20-11-9-19(10-12-20)23-13-5-6-21(23)24/h7-12,14,22H,3-6,13,15H2,1-2H3. The maximum Gasteiger partial charge on any atom is 0.240 e. The van der Waals surface area contributed by atoms with Crippen molar-refractivity contribution in [1.82, 2.24) is 4.72 Å². The first kappa shape index (κ1) is 19.6. The van der Waals surface area contributed by atoms with Gasteiger partial charge in [0.15, 0.2) is 0 Å². The van der Waals surface area contributed by atoms with Gasteiger partial charge in [0, 0.05) is 25.2 Å². The van der Waals surface area contributed by atoms with Gasteiger partial charge < -0.3 is 4.90 Å². The molecular weight excluding hydrogens is 360 g/mol. The van der Waals surface area contributed by atoms with Gasteiger partial charge in [-0.05, 0) is 60.2 Å². The third-order valence-electron chi connectivity index (χ3n) is 5.04. The molecule has 1 saturated heterocycles. The number of nitrogens with zero attached hydrogens (tertiary/aromatic N) is 1. The lowest BCUT2D eigenvalue weighted by molar-refractivity contribution is -0.117. The molecule has 0 unspecified atom stereocenters. The molecule has 144 valence electrons. The van der Waals surface area contributed by atoms with Crippen molar-refractivity contribution in [1.29, 1.82) is 0 Å². The minimum absolute atomic E-state index is 0.0895. The van der Waals surface area contributed by atoms with Gasteiger partial charge in [0.05, 0.1) is 4.90 Å². The number of nitrogens with one attached hydrogen (secondary N) is 1. The van der Waals surface area contributed by atoms with E-state index in [1.807, 2.05) is 0 Å². The van der Waals surface area contributed by atoms with Crippen molar-refractivity contribution in [3.8, 4) is 0 Å². The molecule has 0 radical (unpaired) electrons. The topological polar surface area (TPSA) is 66.5 Å². The predicted molar refractivity (Wildman–Crippen MR) is 107 cm³/mol. The van der Waals surface area contributed by atoms with Gasteiger partial charge >= 0.3 is 0 Å². The van der Waals surface area contributed by atoms with E-state index in [0.717, 1.165) is 36.1 Å². The van der Waals surface area contributed by atoms with E-state index in [1.54, 1.807) is 29.2 Å². The molecule has 1 aliphatic heterocycles. The van der Waals surface area contributed by atoms with Crippen molar-refractivity contribution in [2.75, 3.05) is 11.4 Å². The molecule has 0 aliphatic carbocycles. The molecule has 1 aliphatic rings. The normalized spacial score (nSPS) is 14.7. The number of aryl methyl sites for hydroxylation is 2. The summed E-state index contributed by atoms with van der Waals surface area (Å²) in [4.78, 5) is 13.7. The number of sulfonamides is 1. The monoisotopic (exact) mass is 386 g/mol. The summed E-state index contributed by atoms with van der Waals surface area (Å²) in [6.07, 6.45) is 3.18. The van der Waals surface area contributed by atoms with Crippen molar-refractivity contribution >= 4 is 21.6 Å². The van der Waals surface area contributed by atoms with Crippen LogP contribution in [0.15, 0.2) is 47.4 Å². The molecule has 3 rings (SSSR count). The van der Waals surface area contributed by atoms with Crippen LogP contribution in [0.25, 0.3) is 0 Å². The van der Waals surface area contributed by atoms with Crippen LogP contribution in [0.2, 0.25) is 0 Å². The van der Waals surface area contributed by atoms with Gasteiger partial charge in [-0.3, -0.25) is 4.79 Å². The third kappa shape index (κ3) is 4.39. The van der Waals surface area contributed by atoms with E-state index in [-0.39, 0.29) is 17.3 Å². The van der Waals surface area contributed by atoms with Crippen LogP contribution in [-0.2, 0) is 34.2 Å². The Bertz CT molecular complexity index is 921. The first-order chi connectivity index (χ1) is 12.9. The molecule has 1 fully saturated rings. The molecule has 2 aromatic carbocycles. The summed E-state index contributed by atoms with van der Waals surface area (Å²) >= 11 is 0. The molecule has 5 nitrogen and oxygen atoms in total. The van der Waals surface area contributed by atoms with Crippen molar-refractivity contribution in [3.05, 3.63) is 59.2 Å². The highest BCUT2D eigenvalue weighted by Crippen LogP contribution is 2.23. The Morgan fingerprint density at radius 2 is 1.74 bits per heavy atom. The van der Waals surface area contributed by atoms with Crippen molar-refractivity contribution in [2.24, 2.45) is 0 Å². The number of carbonyl (C=O) groups excluding carboxylic acids is 1. The predicted octanol–water partition coefficient (Wildman–Crippen LogP) is 3.42. The van der Waals surface area contributed by atoms with Crippen molar-refractivity contribution < 1.29 is 13.2 Å². The minimum atomic E-state index is -3.61. The van der Waals surface area contributed by atoms with Gasteiger partial charge in [-0.15, -0.1) is 0 Å². The molecule has 1 heterocycles. The van der Waals surface area contributed by atoms with Crippen LogP contribution in [0.5, 0.6) is 0 Å². The second-order valence-electron chi connectivity index (χ2n) is 6.78. The maximum atomic E-state index is 12.7. The summed E-state index contributed by atoms with van der Waals surface area (Å²) in [5.74, 6) is 0.0895. The Morgan fingerprint density at radius 1 is 1.00 bits per heavy atom. The Hall–Kier alpha value is -2.18. The van der Waals surface area contributed by atoms with E-state index >= 15 is 0 Å². The number of benzene rings is 2. The van der Waals surface area contributed by atoms with Gasteiger partial charge in [0.2, 0.25) is 15.9 Å². The molecule has 0 atom stereocenters. The summed E-state index contributed by atoms with van der Waals surface area (Å²) in [6.45, 7) is 5.11. The van der Waals surface area contributed by atoms with Gasteiger partial charge in [-0.2, -0.15) is 0 Å². The molecular formula is C21H26N2O3S. The largest absolute Gasteiger partial charge is 0.312 e. The fourth-order valence-corrected chi connectivity index (χ4v) is 4.40. The molecule has 0 aromatic heterocycles. The average Bonchev–Trinajstić information content (AvgIpc) is 3.12. The van der Waals surface area contributed by atoms with Crippen LogP contribution < -0.4 is 9.62 Å². The maximum absolute atomic E-state index is 12.7. The molecule has 1 amide bonds. The molecule has 27 heavy (non-hydrogen) atoms. The number of hydrogen-bond acceptors (Lipinski definition) is 3. The van der Waals surface area contributed by atoms with Crippen molar-refractivity contribution in [3.63, 3.8) is 0 Å². The molecule has 0 saturated carbocycles. The lowest BCUT2D eigenvalue weighted by Crippen LogP contribution is -2.25. The van der Waals surface area contributed by atoms with Gasteiger partial charge in [0.1, 0.15) is 0 Å². The fourth-order valence-electron chi connectivity index (χ4n) is 3.39. The van der Waals surface area contributed by atoms with Crippen LogP contribution >= 0.6 is 0 Å². The number of hydrogen-bond donors (Lipinski definition) is 1. The summed E-state index contributed by atoms with van der Waals surface area (Å²) < 4.78 is 28.0. The first-order valence-corrected chi connectivity index (χ1v) is 10.9. The first-order valence-electron chi connectivity index (χ1n) is 9.45. The number of rotatable bonds is 7.